The summed E-state index contributed by atoms with van der Waals surface area (Å²) >= 11 is 6.12. The number of amides is 1. The summed E-state index contributed by atoms with van der Waals surface area (Å²) in [7, 11) is -2.20. The molecule has 0 bridgehead atoms. The zero-order valence-corrected chi connectivity index (χ0v) is 10.0. The number of hydrogen-bond acceptors (Lipinski definition) is 5. The van der Waals surface area contributed by atoms with Gasteiger partial charge in [0.2, 0.25) is 5.91 Å². The second-order valence-electron chi connectivity index (χ2n) is 2.37. The second kappa shape index (κ2) is 4.88. The molecule has 1 rings (SSSR count). The number of aromatic nitrogens is 1. The Labute approximate surface area is 95.7 Å². The van der Waals surface area contributed by atoms with Gasteiger partial charge in [0, 0.05) is 0 Å². The van der Waals surface area contributed by atoms with Gasteiger partial charge in [0.15, 0.2) is 9.34 Å². The van der Waals surface area contributed by atoms with E-state index >= 15 is 0 Å². The molecule has 0 radical (unpaired) electrons. The third kappa shape index (κ3) is 3.13. The SMILES string of the molecule is CNS(=O)(=O)c1cnc(NC(=O)CCl)s1. The van der Waals surface area contributed by atoms with Crippen molar-refractivity contribution in [3.63, 3.8) is 0 Å². The van der Waals surface area contributed by atoms with Crippen LogP contribution in [0.4, 0.5) is 5.13 Å². The van der Waals surface area contributed by atoms with Crippen molar-refractivity contribution in [3.8, 4) is 0 Å². The minimum atomic E-state index is -3.50. The highest BCUT2D eigenvalue weighted by atomic mass is 35.5. The van der Waals surface area contributed by atoms with Crippen LogP contribution in [0.3, 0.4) is 0 Å². The van der Waals surface area contributed by atoms with Gasteiger partial charge in [-0.3, -0.25) is 4.79 Å². The van der Waals surface area contributed by atoms with Gasteiger partial charge in [-0.25, -0.2) is 18.1 Å². The second-order valence-corrected chi connectivity index (χ2v) is 5.79. The maximum absolute atomic E-state index is 11.3. The summed E-state index contributed by atoms with van der Waals surface area (Å²) in [5.41, 5.74) is 0. The molecule has 0 spiro atoms. The molecule has 0 atom stereocenters. The van der Waals surface area contributed by atoms with Crippen LogP contribution in [-0.2, 0) is 14.8 Å². The van der Waals surface area contributed by atoms with Crippen molar-refractivity contribution in [2.24, 2.45) is 0 Å². The van der Waals surface area contributed by atoms with Crippen LogP contribution in [0.5, 0.6) is 0 Å². The van der Waals surface area contributed by atoms with Gasteiger partial charge < -0.3 is 5.32 Å². The van der Waals surface area contributed by atoms with E-state index in [1.54, 1.807) is 0 Å². The number of carbonyl (C=O) groups excluding carboxylic acids is 1. The lowest BCUT2D eigenvalue weighted by Gasteiger charge is -1.96. The smallest absolute Gasteiger partial charge is 0.251 e. The summed E-state index contributed by atoms with van der Waals surface area (Å²) in [5, 5.41) is 2.56. The molecule has 1 aromatic heterocycles. The van der Waals surface area contributed by atoms with Crippen molar-refractivity contribution >= 4 is 44.0 Å². The molecule has 0 saturated carbocycles. The van der Waals surface area contributed by atoms with Crippen LogP contribution in [0, 0.1) is 0 Å². The number of nitrogens with zero attached hydrogens (tertiary/aromatic N) is 1. The maximum Gasteiger partial charge on any atom is 0.251 e. The van der Waals surface area contributed by atoms with Crippen LogP contribution in [-0.4, -0.2) is 32.2 Å². The zero-order valence-electron chi connectivity index (χ0n) is 7.65. The molecule has 0 aromatic carbocycles. The Kier molecular flexibility index (Phi) is 4.03. The third-order valence-corrected chi connectivity index (χ3v) is 4.42. The Balaban J connectivity index is 2.86. The lowest BCUT2D eigenvalue weighted by Crippen LogP contribution is -2.17. The van der Waals surface area contributed by atoms with Gasteiger partial charge >= 0.3 is 0 Å². The van der Waals surface area contributed by atoms with E-state index < -0.39 is 15.9 Å². The first-order valence-electron chi connectivity index (χ1n) is 3.75. The lowest BCUT2D eigenvalue weighted by molar-refractivity contribution is -0.113. The van der Waals surface area contributed by atoms with Crippen LogP contribution in [0.2, 0.25) is 0 Å². The molecular weight excluding hydrogens is 262 g/mol. The molecule has 0 unspecified atom stereocenters. The van der Waals surface area contributed by atoms with Crippen molar-refractivity contribution in [2.75, 3.05) is 18.2 Å². The normalized spacial score (nSPS) is 11.3. The topological polar surface area (TPSA) is 88.2 Å². The van der Waals surface area contributed by atoms with Gasteiger partial charge in [0.1, 0.15) is 5.88 Å². The Morgan fingerprint density at radius 1 is 1.67 bits per heavy atom. The minimum absolute atomic E-state index is 0.0369. The van der Waals surface area contributed by atoms with Crippen molar-refractivity contribution in [1.82, 2.24) is 9.71 Å². The first-order chi connectivity index (χ1) is 6.99. The van der Waals surface area contributed by atoms with Gasteiger partial charge in [0.05, 0.1) is 6.20 Å². The summed E-state index contributed by atoms with van der Waals surface area (Å²) in [5.74, 6) is -0.632. The van der Waals surface area contributed by atoms with Crippen LogP contribution < -0.4 is 10.0 Å². The van der Waals surface area contributed by atoms with Crippen molar-refractivity contribution in [2.45, 2.75) is 4.21 Å². The van der Waals surface area contributed by atoms with E-state index in [9.17, 15) is 13.2 Å². The molecule has 15 heavy (non-hydrogen) atoms. The van der Waals surface area contributed by atoms with E-state index in [1.165, 1.54) is 13.2 Å². The predicted molar refractivity (Wildman–Crippen MR) is 57.7 cm³/mol. The number of thiazole rings is 1. The largest absolute Gasteiger partial charge is 0.301 e. The van der Waals surface area contributed by atoms with E-state index in [1.807, 2.05) is 0 Å². The van der Waals surface area contributed by atoms with Gasteiger partial charge in [-0.05, 0) is 7.05 Å². The Morgan fingerprint density at radius 2 is 2.33 bits per heavy atom. The van der Waals surface area contributed by atoms with Crippen LogP contribution in [0.25, 0.3) is 0 Å². The highest BCUT2D eigenvalue weighted by molar-refractivity contribution is 7.91. The van der Waals surface area contributed by atoms with E-state index in [-0.39, 0.29) is 15.2 Å². The van der Waals surface area contributed by atoms with E-state index in [2.05, 4.69) is 15.0 Å². The fourth-order valence-electron chi connectivity index (χ4n) is 0.695. The monoisotopic (exact) mass is 269 g/mol. The average molecular weight is 270 g/mol. The summed E-state index contributed by atoms with van der Waals surface area (Å²) < 4.78 is 24.8. The molecule has 1 heterocycles. The molecule has 0 saturated heterocycles. The van der Waals surface area contributed by atoms with E-state index in [4.69, 9.17) is 11.6 Å². The van der Waals surface area contributed by atoms with Crippen molar-refractivity contribution in [3.05, 3.63) is 6.20 Å². The standard InChI is InChI=1S/C6H8ClN3O3S2/c1-8-15(12,13)5-3-9-6(14-5)10-4(11)2-7/h3,8H,2H2,1H3,(H,9,10,11). The summed E-state index contributed by atoms with van der Waals surface area (Å²) in [6.45, 7) is 0. The van der Waals surface area contributed by atoms with Crippen molar-refractivity contribution in [1.29, 1.82) is 0 Å². The number of hydrogen-bond donors (Lipinski definition) is 2. The lowest BCUT2D eigenvalue weighted by atomic mass is 10.7. The van der Waals surface area contributed by atoms with Crippen LogP contribution in [0.1, 0.15) is 0 Å². The molecule has 0 fully saturated rings. The molecule has 2 N–H and O–H groups in total. The molecule has 0 aliphatic rings. The van der Waals surface area contributed by atoms with Gasteiger partial charge in [-0.2, -0.15) is 0 Å². The van der Waals surface area contributed by atoms with Gasteiger partial charge in [0.25, 0.3) is 10.0 Å². The number of nitrogens with one attached hydrogen (secondary N) is 2. The van der Waals surface area contributed by atoms with Crippen molar-refractivity contribution < 1.29 is 13.2 Å². The first-order valence-corrected chi connectivity index (χ1v) is 6.58. The molecule has 1 amide bonds. The first kappa shape index (κ1) is 12.4. The third-order valence-electron chi connectivity index (χ3n) is 1.39. The molecule has 1 aromatic rings. The number of alkyl halides is 1. The molecule has 6 nitrogen and oxygen atoms in total. The van der Waals surface area contributed by atoms with Gasteiger partial charge in [-0.1, -0.05) is 11.3 Å². The Bertz CT molecular complexity index is 456. The summed E-state index contributed by atoms with van der Waals surface area (Å²) in [6.07, 6.45) is 1.17. The Morgan fingerprint density at radius 3 is 2.87 bits per heavy atom. The predicted octanol–water partition coefficient (Wildman–Crippen LogP) is 0.228. The number of sulfonamides is 1. The number of anilines is 1. The molecule has 84 valence electrons. The quantitative estimate of drug-likeness (QED) is 0.766. The molecular formula is C6H8ClN3O3S2. The number of rotatable bonds is 4. The highest BCUT2D eigenvalue weighted by Gasteiger charge is 2.16. The molecule has 9 heteroatoms. The van der Waals surface area contributed by atoms with Gasteiger partial charge in [-0.15, -0.1) is 11.6 Å². The fourth-order valence-corrected chi connectivity index (χ4v) is 2.65. The molecule has 0 aliphatic carbocycles. The molecule has 0 aliphatic heterocycles. The van der Waals surface area contributed by atoms with Crippen LogP contribution in [0.15, 0.2) is 10.4 Å². The summed E-state index contributed by atoms with van der Waals surface area (Å²) in [6, 6.07) is 0. The Hall–Kier alpha value is -0.700. The number of halogens is 1. The highest BCUT2D eigenvalue weighted by Crippen LogP contribution is 2.22. The van der Waals surface area contributed by atoms with E-state index in [0.717, 1.165) is 11.3 Å². The van der Waals surface area contributed by atoms with Crippen LogP contribution >= 0.6 is 22.9 Å². The maximum atomic E-state index is 11.3. The fraction of sp³-hybridized carbons (Fsp3) is 0.333. The average Bonchev–Trinajstić information content (AvgIpc) is 2.66. The van der Waals surface area contributed by atoms with E-state index in [0.29, 0.717) is 0 Å². The zero-order chi connectivity index (χ0) is 11.5. The summed E-state index contributed by atoms with van der Waals surface area (Å²) in [4.78, 5) is 14.6. The number of carbonyl (C=O) groups is 1. The minimum Gasteiger partial charge on any atom is -0.301 e.